The van der Waals surface area contributed by atoms with Crippen molar-refractivity contribution in [2.45, 2.75) is 62.1 Å². The Morgan fingerprint density at radius 1 is 1.10 bits per heavy atom. The second kappa shape index (κ2) is 9.89. The number of aliphatic hydroxyl groups excluding tert-OH is 3. The molecule has 1 aliphatic heterocycles. The van der Waals surface area contributed by atoms with Crippen molar-refractivity contribution in [3.63, 3.8) is 0 Å². The molecule has 5 rings (SSSR count). The van der Waals surface area contributed by atoms with Crippen molar-refractivity contribution in [2.24, 2.45) is 5.73 Å². The fraction of sp³-hybridized carbons (Fsp3) is 0.444. The molecule has 2 aliphatic carbocycles. The van der Waals surface area contributed by atoms with E-state index in [0.29, 0.717) is 0 Å². The van der Waals surface area contributed by atoms with Crippen LogP contribution >= 0.6 is 0 Å². The number of aromatic hydroxyl groups is 2. The van der Waals surface area contributed by atoms with Crippen LogP contribution in [0.3, 0.4) is 0 Å². The van der Waals surface area contributed by atoms with Gasteiger partial charge in [0.1, 0.15) is 41.2 Å². The van der Waals surface area contributed by atoms with E-state index in [-0.39, 0.29) is 28.0 Å². The highest BCUT2D eigenvalue weighted by atomic mass is 16.7. The Balaban J connectivity index is 1.69. The van der Waals surface area contributed by atoms with E-state index in [1.165, 1.54) is 25.3 Å². The number of phenols is 2. The smallest absolute Gasteiger partial charge is 0.202 e. The van der Waals surface area contributed by atoms with Gasteiger partial charge in [-0.25, -0.2) is 0 Å². The monoisotopic (exact) mass is 559 g/mol. The third-order valence-corrected chi connectivity index (χ3v) is 7.96. The molecule has 13 heteroatoms. The van der Waals surface area contributed by atoms with Crippen molar-refractivity contribution in [1.82, 2.24) is 0 Å². The minimum absolute atomic E-state index is 0.0684. The molecule has 40 heavy (non-hydrogen) atoms. The fourth-order valence-electron chi connectivity index (χ4n) is 5.69. The number of ether oxygens (including phenoxy) is 3. The number of Topliss-reactive ketones (excluding diaryl/α,β-unsaturated/α-hetero) is 1. The Labute approximate surface area is 227 Å². The molecule has 2 aromatic carbocycles. The molecule has 8 N–H and O–H groups in total. The van der Waals surface area contributed by atoms with Gasteiger partial charge in [-0.1, -0.05) is 12.1 Å². The third-order valence-electron chi connectivity index (χ3n) is 7.96. The van der Waals surface area contributed by atoms with Gasteiger partial charge in [0.25, 0.3) is 0 Å². The van der Waals surface area contributed by atoms with Gasteiger partial charge in [0.2, 0.25) is 5.78 Å². The maximum atomic E-state index is 13.7. The van der Waals surface area contributed by atoms with Crippen molar-refractivity contribution in [3.8, 4) is 17.2 Å². The second-order valence-electron chi connectivity index (χ2n) is 10.3. The first kappa shape index (κ1) is 28.1. The summed E-state index contributed by atoms with van der Waals surface area (Å²) in [5.74, 6) is -3.68. The maximum Gasteiger partial charge on any atom is 0.202 e. The SMILES string of the molecule is COc1cccc2c1C(=O)c1c(O)c3c(c(O)c1C2=O)C[C@@](O)(C(C)=O)C[C@@H]3O[C@H]1O[C@H](CO)[C@@H](O)[C@H](O)[C@H]1N. The van der Waals surface area contributed by atoms with E-state index in [2.05, 4.69) is 0 Å². The number of carbonyl (C=O) groups is 3. The summed E-state index contributed by atoms with van der Waals surface area (Å²) in [4.78, 5) is 39.7. The molecule has 13 nitrogen and oxygen atoms in total. The number of aliphatic hydroxyl groups is 4. The number of rotatable bonds is 5. The van der Waals surface area contributed by atoms with Gasteiger partial charge in [0.15, 0.2) is 17.9 Å². The largest absolute Gasteiger partial charge is 0.507 e. The summed E-state index contributed by atoms with van der Waals surface area (Å²) in [6, 6.07) is 2.94. The van der Waals surface area contributed by atoms with Gasteiger partial charge >= 0.3 is 0 Å². The fourth-order valence-corrected chi connectivity index (χ4v) is 5.69. The number of hydrogen-bond acceptors (Lipinski definition) is 13. The number of methoxy groups -OCH3 is 1. The van der Waals surface area contributed by atoms with Crippen LogP contribution in [0.15, 0.2) is 18.2 Å². The van der Waals surface area contributed by atoms with Crippen LogP contribution < -0.4 is 10.5 Å². The number of nitrogens with two attached hydrogens (primary N) is 1. The summed E-state index contributed by atoms with van der Waals surface area (Å²) in [5.41, 5.74) is 2.26. The molecular formula is C27H29NO12. The molecule has 1 fully saturated rings. The average molecular weight is 560 g/mol. The van der Waals surface area contributed by atoms with Crippen molar-refractivity contribution in [1.29, 1.82) is 0 Å². The van der Waals surface area contributed by atoms with Crippen LogP contribution in [-0.4, -0.2) is 98.0 Å². The predicted molar refractivity (Wildman–Crippen MR) is 133 cm³/mol. The van der Waals surface area contributed by atoms with Crippen LogP contribution in [0.25, 0.3) is 0 Å². The molecule has 0 unspecified atom stereocenters. The first-order chi connectivity index (χ1) is 18.9. The Morgan fingerprint density at radius 3 is 2.40 bits per heavy atom. The van der Waals surface area contributed by atoms with E-state index in [0.717, 1.165) is 6.92 Å². The lowest BCUT2D eigenvalue weighted by atomic mass is 9.72. The molecule has 7 atom stereocenters. The van der Waals surface area contributed by atoms with Crippen molar-refractivity contribution < 1.29 is 59.2 Å². The molecule has 0 spiro atoms. The van der Waals surface area contributed by atoms with Crippen LogP contribution in [0.5, 0.6) is 17.2 Å². The zero-order valence-corrected chi connectivity index (χ0v) is 21.5. The molecule has 1 saturated heterocycles. The predicted octanol–water partition coefficient (Wildman–Crippen LogP) is -1.03. The van der Waals surface area contributed by atoms with Crippen LogP contribution in [0.4, 0.5) is 0 Å². The van der Waals surface area contributed by atoms with Crippen LogP contribution in [0, 0.1) is 0 Å². The molecule has 1 heterocycles. The van der Waals surface area contributed by atoms with Gasteiger partial charge in [-0.2, -0.15) is 0 Å². The molecule has 3 aliphatic rings. The standard InChI is InChI=1S/C27H29NO12/c1-9(30)27(37)6-11-16(13(7-27)39-26-19(28)25(36)22(33)14(8-29)40-26)24(35)18-17(21(11)32)20(31)10-4-3-5-12(38-2)15(10)23(18)34/h3-5,13-14,19,22,25-26,29,32-33,35-37H,6-8,28H2,1-2H3/t13-,14+,19+,22+,25+,26-,27-/m0/s1. The molecule has 214 valence electrons. The molecule has 0 bridgehead atoms. The number of ketones is 3. The van der Waals surface area contributed by atoms with Gasteiger partial charge in [-0.15, -0.1) is 0 Å². The summed E-state index contributed by atoms with van der Waals surface area (Å²) >= 11 is 0. The zero-order valence-electron chi connectivity index (χ0n) is 21.5. The van der Waals surface area contributed by atoms with E-state index < -0.39 is 102 Å². The third kappa shape index (κ3) is 4.01. The Bertz CT molecular complexity index is 1420. The van der Waals surface area contributed by atoms with E-state index in [1.807, 2.05) is 0 Å². The normalized spacial score (nSPS) is 31.3. The highest BCUT2D eigenvalue weighted by Crippen LogP contribution is 2.52. The zero-order chi connectivity index (χ0) is 29.3. The lowest BCUT2D eigenvalue weighted by molar-refractivity contribution is -0.283. The molecular weight excluding hydrogens is 530 g/mol. The Hall–Kier alpha value is -3.43. The van der Waals surface area contributed by atoms with Crippen LogP contribution in [0.1, 0.15) is 62.4 Å². The Morgan fingerprint density at radius 2 is 1.77 bits per heavy atom. The number of phenolic OH excluding ortho intramolecular Hbond substituents is 2. The number of benzene rings is 2. The molecule has 0 amide bonds. The molecule has 0 radical (unpaired) electrons. The van der Waals surface area contributed by atoms with Gasteiger partial charge in [-0.05, 0) is 13.0 Å². The summed E-state index contributed by atoms with van der Waals surface area (Å²) in [7, 11) is 1.30. The maximum absolute atomic E-state index is 13.7. The highest BCUT2D eigenvalue weighted by molar-refractivity contribution is 6.31. The van der Waals surface area contributed by atoms with Crippen LogP contribution in [-0.2, 0) is 20.7 Å². The minimum Gasteiger partial charge on any atom is -0.507 e. The molecule has 0 aromatic heterocycles. The first-order valence-corrected chi connectivity index (χ1v) is 12.5. The lowest BCUT2D eigenvalue weighted by Crippen LogP contribution is -2.62. The highest BCUT2D eigenvalue weighted by Gasteiger charge is 2.51. The van der Waals surface area contributed by atoms with E-state index >= 15 is 0 Å². The molecule has 0 saturated carbocycles. The van der Waals surface area contributed by atoms with E-state index in [4.69, 9.17) is 19.9 Å². The van der Waals surface area contributed by atoms with E-state index in [1.54, 1.807) is 0 Å². The number of carbonyl (C=O) groups excluding carboxylic acids is 3. The van der Waals surface area contributed by atoms with Gasteiger partial charge in [0, 0.05) is 29.5 Å². The van der Waals surface area contributed by atoms with Gasteiger partial charge in [-0.3, -0.25) is 14.4 Å². The summed E-state index contributed by atoms with van der Waals surface area (Å²) in [6.07, 6.45) is -8.45. The first-order valence-electron chi connectivity index (χ1n) is 12.5. The van der Waals surface area contributed by atoms with Crippen molar-refractivity contribution in [2.75, 3.05) is 13.7 Å². The van der Waals surface area contributed by atoms with Crippen molar-refractivity contribution in [3.05, 3.63) is 51.6 Å². The summed E-state index contributed by atoms with van der Waals surface area (Å²) in [6.45, 7) is 0.403. The summed E-state index contributed by atoms with van der Waals surface area (Å²) in [5, 5.41) is 64.1. The second-order valence-corrected chi connectivity index (χ2v) is 10.3. The topological polar surface area (TPSA) is 226 Å². The van der Waals surface area contributed by atoms with E-state index in [9.17, 15) is 45.0 Å². The van der Waals surface area contributed by atoms with Gasteiger partial charge < -0.3 is 50.6 Å². The number of hydrogen-bond donors (Lipinski definition) is 7. The van der Waals surface area contributed by atoms with Crippen LogP contribution in [0.2, 0.25) is 0 Å². The minimum atomic E-state index is -2.13. The number of fused-ring (bicyclic) bond motifs is 3. The lowest BCUT2D eigenvalue weighted by Gasteiger charge is -2.44. The summed E-state index contributed by atoms with van der Waals surface area (Å²) < 4.78 is 16.7. The van der Waals surface area contributed by atoms with Gasteiger partial charge in [0.05, 0.1) is 42.6 Å². The average Bonchev–Trinajstić information content (AvgIpc) is 2.93. The quantitative estimate of drug-likeness (QED) is 0.186. The Kier molecular flexibility index (Phi) is 6.95. The van der Waals surface area contributed by atoms with Crippen molar-refractivity contribution >= 4 is 17.3 Å². The molecule has 2 aromatic rings.